The number of hydrogen-bond acceptors (Lipinski definition) is 5. The Morgan fingerprint density at radius 1 is 1.57 bits per heavy atom. The van der Waals surface area contributed by atoms with E-state index in [1.54, 1.807) is 11.3 Å². The fraction of sp³-hybridized carbons (Fsp3) is 0.667. The lowest BCUT2D eigenvalue weighted by molar-refractivity contribution is 0.183. The van der Waals surface area contributed by atoms with Crippen LogP contribution in [0, 0.1) is 0 Å². The van der Waals surface area contributed by atoms with Crippen LogP contribution in [0.5, 0.6) is 0 Å². The number of aromatic nitrogens is 1. The SMILES string of the molecule is NCC(O)Cc1nc2c(s1)CSCC2. The van der Waals surface area contributed by atoms with Gasteiger partial charge in [0.25, 0.3) is 0 Å². The Kier molecular flexibility index (Phi) is 3.43. The molecule has 2 rings (SSSR count). The van der Waals surface area contributed by atoms with E-state index in [2.05, 4.69) is 4.98 Å². The minimum Gasteiger partial charge on any atom is -0.391 e. The average molecular weight is 230 g/mol. The summed E-state index contributed by atoms with van der Waals surface area (Å²) < 4.78 is 0. The number of fused-ring (bicyclic) bond motifs is 1. The van der Waals surface area contributed by atoms with E-state index in [4.69, 9.17) is 5.73 Å². The minimum atomic E-state index is -0.435. The fourth-order valence-electron chi connectivity index (χ4n) is 1.45. The highest BCUT2D eigenvalue weighted by Crippen LogP contribution is 2.29. The topological polar surface area (TPSA) is 59.1 Å². The summed E-state index contributed by atoms with van der Waals surface area (Å²) in [5.41, 5.74) is 6.61. The van der Waals surface area contributed by atoms with Crippen molar-refractivity contribution in [3.05, 3.63) is 15.6 Å². The van der Waals surface area contributed by atoms with Gasteiger partial charge in [-0.1, -0.05) is 0 Å². The molecule has 1 aliphatic heterocycles. The Morgan fingerprint density at radius 3 is 3.14 bits per heavy atom. The van der Waals surface area contributed by atoms with Crippen molar-refractivity contribution in [2.75, 3.05) is 12.3 Å². The van der Waals surface area contributed by atoms with Crippen molar-refractivity contribution in [3.63, 3.8) is 0 Å². The van der Waals surface area contributed by atoms with Crippen LogP contribution in [-0.2, 0) is 18.6 Å². The van der Waals surface area contributed by atoms with Crippen LogP contribution >= 0.6 is 23.1 Å². The summed E-state index contributed by atoms with van der Waals surface area (Å²) in [5, 5.41) is 10.4. The van der Waals surface area contributed by atoms with Crippen molar-refractivity contribution in [1.82, 2.24) is 4.98 Å². The first kappa shape index (κ1) is 10.4. The smallest absolute Gasteiger partial charge is 0.0957 e. The van der Waals surface area contributed by atoms with Gasteiger partial charge in [0.05, 0.1) is 16.8 Å². The fourth-order valence-corrected chi connectivity index (χ4v) is 3.75. The summed E-state index contributed by atoms with van der Waals surface area (Å²) in [6, 6.07) is 0. The molecule has 0 saturated heterocycles. The second kappa shape index (κ2) is 4.61. The van der Waals surface area contributed by atoms with E-state index in [-0.39, 0.29) is 0 Å². The van der Waals surface area contributed by atoms with Crippen molar-refractivity contribution in [1.29, 1.82) is 0 Å². The maximum absolute atomic E-state index is 9.41. The molecular formula is C9H14N2OS2. The average Bonchev–Trinajstić information content (AvgIpc) is 2.59. The number of aryl methyl sites for hydroxylation is 1. The number of thioether (sulfide) groups is 1. The van der Waals surface area contributed by atoms with Gasteiger partial charge in [0.15, 0.2) is 0 Å². The van der Waals surface area contributed by atoms with E-state index in [0.29, 0.717) is 13.0 Å². The van der Waals surface area contributed by atoms with Gasteiger partial charge >= 0.3 is 0 Å². The molecule has 0 bridgehead atoms. The molecule has 3 N–H and O–H groups in total. The number of aliphatic hydroxyl groups excluding tert-OH is 1. The van der Waals surface area contributed by atoms with E-state index in [9.17, 15) is 5.11 Å². The lowest BCUT2D eigenvalue weighted by Crippen LogP contribution is -2.21. The van der Waals surface area contributed by atoms with E-state index in [1.807, 2.05) is 11.8 Å². The molecule has 0 aromatic carbocycles. The van der Waals surface area contributed by atoms with Crippen molar-refractivity contribution in [2.45, 2.75) is 24.7 Å². The molecule has 78 valence electrons. The van der Waals surface area contributed by atoms with Crippen molar-refractivity contribution in [3.8, 4) is 0 Å². The predicted octanol–water partition coefficient (Wildman–Crippen LogP) is 0.795. The van der Waals surface area contributed by atoms with Gasteiger partial charge in [0.2, 0.25) is 0 Å². The molecule has 0 spiro atoms. The van der Waals surface area contributed by atoms with Gasteiger partial charge in [-0.25, -0.2) is 4.98 Å². The molecule has 0 fully saturated rings. The van der Waals surface area contributed by atoms with Crippen molar-refractivity contribution < 1.29 is 5.11 Å². The number of hydrogen-bond donors (Lipinski definition) is 2. The van der Waals surface area contributed by atoms with E-state index in [1.165, 1.54) is 16.3 Å². The van der Waals surface area contributed by atoms with Gasteiger partial charge in [-0.2, -0.15) is 11.8 Å². The maximum Gasteiger partial charge on any atom is 0.0957 e. The molecule has 1 atom stereocenters. The Balaban J connectivity index is 2.08. The normalized spacial score (nSPS) is 17.9. The van der Waals surface area contributed by atoms with Crippen LogP contribution in [0.2, 0.25) is 0 Å². The number of aliphatic hydroxyl groups is 1. The van der Waals surface area contributed by atoms with Crippen LogP contribution in [-0.4, -0.2) is 28.5 Å². The van der Waals surface area contributed by atoms with Crippen LogP contribution in [0.1, 0.15) is 15.6 Å². The van der Waals surface area contributed by atoms with E-state index < -0.39 is 6.10 Å². The van der Waals surface area contributed by atoms with Gasteiger partial charge in [-0.05, 0) is 12.2 Å². The Labute approximate surface area is 91.7 Å². The highest BCUT2D eigenvalue weighted by atomic mass is 32.2. The van der Waals surface area contributed by atoms with Crippen LogP contribution in [0.15, 0.2) is 0 Å². The molecule has 5 heteroatoms. The first-order valence-electron chi connectivity index (χ1n) is 4.73. The molecular weight excluding hydrogens is 216 g/mol. The minimum absolute atomic E-state index is 0.318. The third kappa shape index (κ3) is 2.28. The lowest BCUT2D eigenvalue weighted by Gasteiger charge is -2.06. The van der Waals surface area contributed by atoms with Crippen LogP contribution in [0.3, 0.4) is 0 Å². The van der Waals surface area contributed by atoms with Gasteiger partial charge < -0.3 is 10.8 Å². The molecule has 1 aromatic rings. The molecule has 0 aliphatic carbocycles. The summed E-state index contributed by atoms with van der Waals surface area (Å²) in [6.45, 7) is 0.318. The highest BCUT2D eigenvalue weighted by molar-refractivity contribution is 7.98. The molecule has 0 radical (unpaired) electrons. The molecule has 1 aromatic heterocycles. The zero-order chi connectivity index (χ0) is 9.97. The van der Waals surface area contributed by atoms with Crippen LogP contribution in [0.25, 0.3) is 0 Å². The first-order valence-corrected chi connectivity index (χ1v) is 6.70. The lowest BCUT2D eigenvalue weighted by atomic mass is 10.2. The number of nitrogens with two attached hydrogens (primary N) is 1. The Morgan fingerprint density at radius 2 is 2.43 bits per heavy atom. The molecule has 14 heavy (non-hydrogen) atoms. The number of nitrogens with zero attached hydrogens (tertiary/aromatic N) is 1. The standard InChI is InChI=1S/C9H14N2OS2/c10-4-6(12)3-9-11-7-1-2-13-5-8(7)14-9/h6,12H,1-5,10H2. The summed E-state index contributed by atoms with van der Waals surface area (Å²) in [5.74, 6) is 2.27. The molecule has 0 saturated carbocycles. The number of thiazole rings is 1. The Bertz CT molecular complexity index is 290. The summed E-state index contributed by atoms with van der Waals surface area (Å²) in [7, 11) is 0. The van der Waals surface area contributed by atoms with E-state index in [0.717, 1.165) is 17.2 Å². The third-order valence-electron chi connectivity index (χ3n) is 2.22. The second-order valence-corrected chi connectivity index (χ2v) is 5.65. The largest absolute Gasteiger partial charge is 0.391 e. The second-order valence-electron chi connectivity index (χ2n) is 3.37. The van der Waals surface area contributed by atoms with E-state index >= 15 is 0 Å². The molecule has 2 heterocycles. The molecule has 1 aliphatic rings. The van der Waals surface area contributed by atoms with Gasteiger partial charge in [-0.3, -0.25) is 0 Å². The number of rotatable bonds is 3. The third-order valence-corrected chi connectivity index (χ3v) is 4.51. The first-order chi connectivity index (χ1) is 6.79. The quantitative estimate of drug-likeness (QED) is 0.806. The van der Waals surface area contributed by atoms with Gasteiger partial charge in [-0.15, -0.1) is 11.3 Å². The predicted molar refractivity (Wildman–Crippen MR) is 60.7 cm³/mol. The molecule has 0 amide bonds. The van der Waals surface area contributed by atoms with Crippen LogP contribution in [0.4, 0.5) is 0 Å². The Hall–Kier alpha value is -0.100. The molecule has 1 unspecified atom stereocenters. The van der Waals surface area contributed by atoms with Crippen molar-refractivity contribution >= 4 is 23.1 Å². The maximum atomic E-state index is 9.41. The van der Waals surface area contributed by atoms with Crippen LogP contribution < -0.4 is 5.73 Å². The highest BCUT2D eigenvalue weighted by Gasteiger charge is 2.16. The summed E-state index contributed by atoms with van der Waals surface area (Å²) in [4.78, 5) is 5.92. The summed E-state index contributed by atoms with van der Waals surface area (Å²) in [6.07, 6.45) is 1.25. The zero-order valence-corrected chi connectivity index (χ0v) is 9.53. The van der Waals surface area contributed by atoms with Crippen molar-refractivity contribution in [2.24, 2.45) is 5.73 Å². The molecule has 3 nitrogen and oxygen atoms in total. The monoisotopic (exact) mass is 230 g/mol. The zero-order valence-electron chi connectivity index (χ0n) is 7.90. The van der Waals surface area contributed by atoms with Gasteiger partial charge in [0, 0.05) is 23.6 Å². The summed E-state index contributed by atoms with van der Waals surface area (Å²) >= 11 is 3.69. The van der Waals surface area contributed by atoms with Gasteiger partial charge in [0.1, 0.15) is 0 Å².